The van der Waals surface area contributed by atoms with E-state index in [1.807, 2.05) is 4.68 Å². The van der Waals surface area contributed by atoms with Crippen molar-refractivity contribution in [2.24, 2.45) is 0 Å². The van der Waals surface area contributed by atoms with E-state index in [2.05, 4.69) is 12.0 Å². The molecule has 0 amide bonds. The van der Waals surface area contributed by atoms with Crippen LogP contribution < -0.4 is 0 Å². The molecule has 1 aliphatic rings. The van der Waals surface area contributed by atoms with Gasteiger partial charge in [-0.1, -0.05) is 18.5 Å². The number of halogens is 1. The molecule has 5 heteroatoms. The molecule has 2 rings (SSSR count). The molecule has 0 aliphatic heterocycles. The Balaban J connectivity index is 2.30. The minimum atomic E-state index is -0.168. The van der Waals surface area contributed by atoms with E-state index >= 15 is 0 Å². The van der Waals surface area contributed by atoms with Crippen molar-refractivity contribution in [1.82, 2.24) is 9.78 Å². The number of rotatable bonds is 4. The number of nitrogens with zero attached hydrogens (tertiary/aromatic N) is 2. The van der Waals surface area contributed by atoms with E-state index in [0.29, 0.717) is 36.8 Å². The van der Waals surface area contributed by atoms with Crippen LogP contribution in [0.1, 0.15) is 31.9 Å². The van der Waals surface area contributed by atoms with E-state index < -0.39 is 0 Å². The molecule has 0 radical (unpaired) electrons. The lowest BCUT2D eigenvalue weighted by Gasteiger charge is -2.24. The standard InChI is InChI=1S/C12H17ClN2O2/c1-12(4-3-9(16)7-12)11-10(13)8-14-15(11)5-6-17-2/h8H,3-7H2,1-2H3. The molecule has 1 heterocycles. The zero-order valence-corrected chi connectivity index (χ0v) is 11.0. The minimum absolute atomic E-state index is 0.168. The molecule has 0 spiro atoms. The smallest absolute Gasteiger partial charge is 0.133 e. The molecule has 1 aromatic heterocycles. The summed E-state index contributed by atoms with van der Waals surface area (Å²) in [6.45, 7) is 3.35. The van der Waals surface area contributed by atoms with E-state index in [9.17, 15) is 4.79 Å². The molecule has 0 aromatic carbocycles. The van der Waals surface area contributed by atoms with Crippen molar-refractivity contribution < 1.29 is 9.53 Å². The summed E-state index contributed by atoms with van der Waals surface area (Å²) in [5, 5.41) is 4.91. The van der Waals surface area contributed by atoms with Crippen LogP contribution in [0.25, 0.3) is 0 Å². The SMILES string of the molecule is COCCn1ncc(Cl)c1C1(C)CCC(=O)C1. The quantitative estimate of drug-likeness (QED) is 0.830. The summed E-state index contributed by atoms with van der Waals surface area (Å²) in [6, 6.07) is 0. The molecule has 1 unspecified atom stereocenters. The Bertz CT molecular complexity index is 430. The highest BCUT2D eigenvalue weighted by Gasteiger charge is 2.39. The average molecular weight is 257 g/mol. The summed E-state index contributed by atoms with van der Waals surface area (Å²) in [6.07, 6.45) is 3.71. The van der Waals surface area contributed by atoms with Gasteiger partial charge in [-0.15, -0.1) is 0 Å². The summed E-state index contributed by atoms with van der Waals surface area (Å²) < 4.78 is 6.92. The summed E-state index contributed by atoms with van der Waals surface area (Å²) in [4.78, 5) is 11.5. The van der Waals surface area contributed by atoms with Crippen LogP contribution in [-0.4, -0.2) is 29.3 Å². The summed E-state index contributed by atoms with van der Waals surface area (Å²) in [5.74, 6) is 0.308. The van der Waals surface area contributed by atoms with Gasteiger partial charge < -0.3 is 4.74 Å². The van der Waals surface area contributed by atoms with Gasteiger partial charge in [-0.2, -0.15) is 5.10 Å². The Morgan fingerprint density at radius 3 is 3.00 bits per heavy atom. The highest BCUT2D eigenvalue weighted by atomic mass is 35.5. The molecule has 17 heavy (non-hydrogen) atoms. The van der Waals surface area contributed by atoms with E-state index in [1.165, 1.54) is 0 Å². The van der Waals surface area contributed by atoms with Gasteiger partial charge in [0.2, 0.25) is 0 Å². The first-order chi connectivity index (χ1) is 8.07. The van der Waals surface area contributed by atoms with E-state index in [4.69, 9.17) is 16.3 Å². The summed E-state index contributed by atoms with van der Waals surface area (Å²) in [5.41, 5.74) is 0.806. The number of carbonyl (C=O) groups is 1. The maximum absolute atomic E-state index is 11.5. The van der Waals surface area contributed by atoms with Gasteiger partial charge in [0, 0.05) is 25.4 Å². The third-order valence-corrected chi connectivity index (χ3v) is 3.69. The first-order valence-corrected chi connectivity index (χ1v) is 6.17. The second kappa shape index (κ2) is 4.78. The van der Waals surface area contributed by atoms with Crippen LogP contribution in [0.5, 0.6) is 0 Å². The maximum Gasteiger partial charge on any atom is 0.133 e. The molecule has 1 atom stereocenters. The number of hydrogen-bond donors (Lipinski definition) is 0. The van der Waals surface area contributed by atoms with Crippen LogP contribution in [0.3, 0.4) is 0 Å². The zero-order chi connectivity index (χ0) is 12.5. The predicted molar refractivity (Wildman–Crippen MR) is 65.3 cm³/mol. The number of Topliss-reactive ketones (excluding diaryl/α,β-unsaturated/α-hetero) is 1. The van der Waals surface area contributed by atoms with Gasteiger partial charge in [-0.05, 0) is 6.42 Å². The molecule has 1 saturated carbocycles. The molecule has 0 bridgehead atoms. The van der Waals surface area contributed by atoms with Gasteiger partial charge in [0.25, 0.3) is 0 Å². The van der Waals surface area contributed by atoms with Gasteiger partial charge >= 0.3 is 0 Å². The van der Waals surface area contributed by atoms with Crippen molar-refractivity contribution in [1.29, 1.82) is 0 Å². The van der Waals surface area contributed by atoms with Crippen molar-refractivity contribution in [2.45, 2.75) is 38.1 Å². The van der Waals surface area contributed by atoms with Gasteiger partial charge in [0.05, 0.1) is 30.1 Å². The van der Waals surface area contributed by atoms with Crippen LogP contribution in [-0.2, 0) is 21.5 Å². The third kappa shape index (κ3) is 2.38. The van der Waals surface area contributed by atoms with Crippen molar-refractivity contribution in [3.8, 4) is 0 Å². The average Bonchev–Trinajstić information content (AvgIpc) is 2.80. The van der Waals surface area contributed by atoms with Crippen LogP contribution in [0.15, 0.2) is 6.20 Å². The van der Waals surface area contributed by atoms with Gasteiger partial charge in [0.15, 0.2) is 0 Å². The first kappa shape index (κ1) is 12.6. The minimum Gasteiger partial charge on any atom is -0.383 e. The van der Waals surface area contributed by atoms with E-state index in [1.54, 1.807) is 13.3 Å². The summed E-state index contributed by atoms with van der Waals surface area (Å²) in [7, 11) is 1.66. The molecular weight excluding hydrogens is 240 g/mol. The van der Waals surface area contributed by atoms with Crippen LogP contribution in [0.2, 0.25) is 5.02 Å². The number of aromatic nitrogens is 2. The molecule has 1 aliphatic carbocycles. The number of ketones is 1. The van der Waals surface area contributed by atoms with Crippen molar-refractivity contribution in [3.63, 3.8) is 0 Å². The maximum atomic E-state index is 11.5. The fourth-order valence-electron chi connectivity index (χ4n) is 2.54. The number of ether oxygens (including phenoxy) is 1. The topological polar surface area (TPSA) is 44.1 Å². The molecule has 1 fully saturated rings. The zero-order valence-electron chi connectivity index (χ0n) is 10.2. The Morgan fingerprint density at radius 1 is 1.65 bits per heavy atom. The number of methoxy groups -OCH3 is 1. The Kier molecular flexibility index (Phi) is 3.54. The Morgan fingerprint density at radius 2 is 2.41 bits per heavy atom. The highest BCUT2D eigenvalue weighted by molar-refractivity contribution is 6.31. The van der Waals surface area contributed by atoms with Gasteiger partial charge in [-0.3, -0.25) is 9.48 Å². The van der Waals surface area contributed by atoms with Crippen LogP contribution in [0, 0.1) is 0 Å². The molecular formula is C12H17ClN2O2. The largest absolute Gasteiger partial charge is 0.383 e. The van der Waals surface area contributed by atoms with Crippen molar-refractivity contribution in [3.05, 3.63) is 16.9 Å². The predicted octanol–water partition coefficient (Wildman–Crippen LogP) is 2.19. The molecule has 94 valence electrons. The Hall–Kier alpha value is -0.870. The fraction of sp³-hybridized carbons (Fsp3) is 0.667. The molecule has 1 aromatic rings. The number of carbonyl (C=O) groups excluding carboxylic acids is 1. The van der Waals surface area contributed by atoms with E-state index in [0.717, 1.165) is 12.1 Å². The van der Waals surface area contributed by atoms with E-state index in [-0.39, 0.29) is 5.41 Å². The monoisotopic (exact) mass is 256 g/mol. The Labute approximate surface area is 106 Å². The third-order valence-electron chi connectivity index (χ3n) is 3.42. The van der Waals surface area contributed by atoms with Crippen molar-refractivity contribution in [2.75, 3.05) is 13.7 Å². The first-order valence-electron chi connectivity index (χ1n) is 5.79. The lowest BCUT2D eigenvalue weighted by molar-refractivity contribution is -0.117. The van der Waals surface area contributed by atoms with Gasteiger partial charge in [0.1, 0.15) is 5.78 Å². The van der Waals surface area contributed by atoms with Crippen LogP contribution in [0.4, 0.5) is 0 Å². The number of hydrogen-bond acceptors (Lipinski definition) is 3. The fourth-order valence-corrected chi connectivity index (χ4v) is 2.91. The van der Waals surface area contributed by atoms with Crippen molar-refractivity contribution >= 4 is 17.4 Å². The molecule has 0 N–H and O–H groups in total. The second-order valence-electron chi connectivity index (χ2n) is 4.83. The normalized spacial score (nSPS) is 24.5. The molecule has 0 saturated heterocycles. The van der Waals surface area contributed by atoms with Gasteiger partial charge in [-0.25, -0.2) is 0 Å². The molecule has 4 nitrogen and oxygen atoms in total. The lowest BCUT2D eigenvalue weighted by Crippen LogP contribution is -2.24. The highest BCUT2D eigenvalue weighted by Crippen LogP contribution is 2.41. The summed E-state index contributed by atoms with van der Waals surface area (Å²) >= 11 is 6.21. The second-order valence-corrected chi connectivity index (χ2v) is 5.24. The van der Waals surface area contributed by atoms with Crippen LogP contribution >= 0.6 is 11.6 Å². The lowest BCUT2D eigenvalue weighted by atomic mass is 9.85.